The van der Waals surface area contributed by atoms with Crippen LogP contribution in [-0.2, 0) is 4.79 Å². The normalized spacial score (nSPS) is 18.4. The third-order valence-electron chi connectivity index (χ3n) is 1.88. The van der Waals surface area contributed by atoms with Gasteiger partial charge in [0.2, 0.25) is 0 Å². The lowest BCUT2D eigenvalue weighted by Crippen LogP contribution is -2.21. The van der Waals surface area contributed by atoms with Gasteiger partial charge in [0.25, 0.3) is 5.91 Å². The Hall–Kier alpha value is -2.10. The first-order chi connectivity index (χ1) is 6.77. The number of rotatable bonds is 1. The van der Waals surface area contributed by atoms with Crippen LogP contribution in [0.4, 0.5) is 0 Å². The molecular formula is C10H9N3O. The van der Waals surface area contributed by atoms with Gasteiger partial charge in [0.15, 0.2) is 0 Å². The van der Waals surface area contributed by atoms with Gasteiger partial charge in [-0.25, -0.2) is 4.99 Å². The van der Waals surface area contributed by atoms with Crippen LogP contribution in [0.25, 0.3) is 0 Å². The molecule has 0 spiro atoms. The highest BCUT2D eigenvalue weighted by Crippen LogP contribution is 2.15. The van der Waals surface area contributed by atoms with Crippen molar-refractivity contribution in [3.8, 4) is 0 Å². The Labute approximate surface area is 81.4 Å². The summed E-state index contributed by atoms with van der Waals surface area (Å²) in [6.07, 6.45) is 12.6. The third kappa shape index (κ3) is 1.50. The quantitative estimate of drug-likeness (QED) is 0.655. The van der Waals surface area contributed by atoms with Crippen molar-refractivity contribution in [2.24, 2.45) is 10.7 Å². The second-order valence-corrected chi connectivity index (χ2v) is 2.86. The number of aliphatic imine (C=N–C) groups is 1. The Kier molecular flexibility index (Phi) is 2.02. The fourth-order valence-corrected chi connectivity index (χ4v) is 1.19. The fourth-order valence-electron chi connectivity index (χ4n) is 1.19. The minimum absolute atomic E-state index is 0.258. The topological polar surface area (TPSA) is 58.7 Å². The van der Waals surface area contributed by atoms with Crippen LogP contribution in [0.5, 0.6) is 0 Å². The van der Waals surface area contributed by atoms with E-state index >= 15 is 0 Å². The van der Waals surface area contributed by atoms with E-state index in [0.29, 0.717) is 0 Å². The standard InChI is InChI=1S/C10H9N3O/c11-10(14)9-7-13-5-3-1-2-4-8(13)6-12-9/h1-7H,(H2,11,14). The minimum atomic E-state index is -0.522. The van der Waals surface area contributed by atoms with Gasteiger partial charge in [-0.2, -0.15) is 0 Å². The lowest BCUT2D eigenvalue weighted by Gasteiger charge is -2.19. The highest BCUT2D eigenvalue weighted by Gasteiger charge is 2.12. The van der Waals surface area contributed by atoms with Crippen molar-refractivity contribution >= 4 is 12.1 Å². The molecule has 0 radical (unpaired) electrons. The molecule has 2 N–H and O–H groups in total. The van der Waals surface area contributed by atoms with Gasteiger partial charge in [-0.05, 0) is 12.2 Å². The summed E-state index contributed by atoms with van der Waals surface area (Å²) in [6, 6.07) is 0. The molecule has 2 rings (SSSR count). The summed E-state index contributed by atoms with van der Waals surface area (Å²) in [7, 11) is 0. The van der Waals surface area contributed by atoms with Crippen LogP contribution < -0.4 is 5.73 Å². The van der Waals surface area contributed by atoms with Crippen LogP contribution >= 0.6 is 0 Å². The number of carbonyl (C=O) groups is 1. The van der Waals surface area contributed by atoms with Crippen LogP contribution in [-0.4, -0.2) is 17.0 Å². The molecule has 1 amide bonds. The Balaban J connectivity index is 2.36. The molecule has 0 bridgehead atoms. The Morgan fingerprint density at radius 2 is 2.21 bits per heavy atom. The van der Waals surface area contributed by atoms with Gasteiger partial charge in [-0.1, -0.05) is 12.2 Å². The largest absolute Gasteiger partial charge is 0.364 e. The Bertz CT molecular complexity index is 413. The van der Waals surface area contributed by atoms with Crippen molar-refractivity contribution in [3.63, 3.8) is 0 Å². The molecule has 0 saturated heterocycles. The van der Waals surface area contributed by atoms with E-state index in [-0.39, 0.29) is 5.70 Å². The summed E-state index contributed by atoms with van der Waals surface area (Å²) in [4.78, 5) is 16.6. The highest BCUT2D eigenvalue weighted by molar-refractivity contribution is 5.96. The lowest BCUT2D eigenvalue weighted by molar-refractivity contribution is -0.114. The molecule has 4 heteroatoms. The molecule has 0 atom stereocenters. The SMILES string of the molecule is NC(=O)C1=CN2C=CC=CC=C2C=N1. The van der Waals surface area contributed by atoms with Gasteiger partial charge in [-0.3, -0.25) is 4.79 Å². The molecule has 2 aliphatic heterocycles. The number of primary amides is 1. The van der Waals surface area contributed by atoms with Crippen molar-refractivity contribution in [2.75, 3.05) is 0 Å². The van der Waals surface area contributed by atoms with E-state index in [1.54, 1.807) is 17.3 Å². The Morgan fingerprint density at radius 1 is 1.36 bits per heavy atom. The van der Waals surface area contributed by atoms with E-state index < -0.39 is 5.91 Å². The van der Waals surface area contributed by atoms with Crippen molar-refractivity contribution in [1.29, 1.82) is 0 Å². The molecule has 0 unspecified atom stereocenters. The summed E-state index contributed by atoms with van der Waals surface area (Å²) in [5, 5.41) is 0. The van der Waals surface area contributed by atoms with Crippen LogP contribution in [0.3, 0.4) is 0 Å². The number of amides is 1. The Morgan fingerprint density at radius 3 is 3.00 bits per heavy atom. The molecule has 4 nitrogen and oxygen atoms in total. The first kappa shape index (κ1) is 8.50. The van der Waals surface area contributed by atoms with Crippen LogP contribution in [0.1, 0.15) is 0 Å². The predicted molar refractivity (Wildman–Crippen MR) is 54.0 cm³/mol. The summed E-state index contributed by atoms with van der Waals surface area (Å²) in [5.74, 6) is -0.522. The highest BCUT2D eigenvalue weighted by atomic mass is 16.1. The van der Waals surface area contributed by atoms with Gasteiger partial charge < -0.3 is 10.6 Å². The number of nitrogens with two attached hydrogens (primary N) is 1. The van der Waals surface area contributed by atoms with E-state index in [0.717, 1.165) is 5.70 Å². The molecule has 0 saturated carbocycles. The zero-order chi connectivity index (χ0) is 9.97. The average Bonchev–Trinajstić information content (AvgIpc) is 2.41. The smallest absolute Gasteiger partial charge is 0.268 e. The van der Waals surface area contributed by atoms with E-state index in [2.05, 4.69) is 4.99 Å². The van der Waals surface area contributed by atoms with Crippen LogP contribution in [0.15, 0.2) is 53.1 Å². The second-order valence-electron chi connectivity index (χ2n) is 2.86. The zero-order valence-electron chi connectivity index (χ0n) is 7.42. The maximum absolute atomic E-state index is 10.9. The van der Waals surface area contributed by atoms with Gasteiger partial charge in [0, 0.05) is 12.4 Å². The van der Waals surface area contributed by atoms with Gasteiger partial charge in [0.05, 0.1) is 11.9 Å². The molecule has 0 aromatic rings. The van der Waals surface area contributed by atoms with Crippen LogP contribution in [0.2, 0.25) is 0 Å². The zero-order valence-corrected chi connectivity index (χ0v) is 7.42. The third-order valence-corrected chi connectivity index (χ3v) is 1.88. The molecule has 0 aliphatic carbocycles. The first-order valence-corrected chi connectivity index (χ1v) is 4.16. The average molecular weight is 187 g/mol. The lowest BCUT2D eigenvalue weighted by atomic mass is 10.3. The van der Waals surface area contributed by atoms with Gasteiger partial charge >= 0.3 is 0 Å². The van der Waals surface area contributed by atoms with E-state index in [9.17, 15) is 4.79 Å². The van der Waals surface area contributed by atoms with Crippen LogP contribution in [0, 0.1) is 0 Å². The number of allylic oxidation sites excluding steroid dienone is 5. The van der Waals surface area contributed by atoms with E-state index in [1.807, 2.05) is 30.5 Å². The molecule has 2 aliphatic rings. The number of nitrogens with zero attached hydrogens (tertiary/aromatic N) is 2. The van der Waals surface area contributed by atoms with Crippen molar-refractivity contribution in [2.45, 2.75) is 0 Å². The number of hydrogen-bond donors (Lipinski definition) is 1. The number of hydrogen-bond acceptors (Lipinski definition) is 3. The van der Waals surface area contributed by atoms with Crippen molar-refractivity contribution in [3.05, 3.63) is 48.1 Å². The summed E-state index contributed by atoms with van der Waals surface area (Å²) in [5.41, 5.74) is 6.28. The fraction of sp³-hybridized carbons (Fsp3) is 0. The minimum Gasteiger partial charge on any atom is -0.364 e. The molecular weight excluding hydrogens is 178 g/mol. The van der Waals surface area contributed by atoms with E-state index in [4.69, 9.17) is 5.73 Å². The van der Waals surface area contributed by atoms with Gasteiger partial charge in [0.1, 0.15) is 5.70 Å². The molecule has 70 valence electrons. The monoisotopic (exact) mass is 187 g/mol. The molecule has 0 aromatic heterocycles. The molecule has 14 heavy (non-hydrogen) atoms. The predicted octanol–water partition coefficient (Wildman–Crippen LogP) is 0.667. The first-order valence-electron chi connectivity index (χ1n) is 4.16. The molecule has 2 heterocycles. The second kappa shape index (κ2) is 3.33. The summed E-state index contributed by atoms with van der Waals surface area (Å²) >= 11 is 0. The maximum atomic E-state index is 10.9. The summed E-state index contributed by atoms with van der Waals surface area (Å²) < 4.78 is 0. The van der Waals surface area contributed by atoms with Gasteiger partial charge in [-0.15, -0.1) is 0 Å². The summed E-state index contributed by atoms with van der Waals surface area (Å²) in [6.45, 7) is 0. The van der Waals surface area contributed by atoms with Crippen molar-refractivity contribution in [1.82, 2.24) is 4.90 Å². The maximum Gasteiger partial charge on any atom is 0.268 e. The van der Waals surface area contributed by atoms with E-state index in [1.165, 1.54) is 0 Å². The number of fused-ring (bicyclic) bond motifs is 1. The molecule has 0 aromatic carbocycles. The number of carbonyl (C=O) groups excluding carboxylic acids is 1. The van der Waals surface area contributed by atoms with Crippen molar-refractivity contribution < 1.29 is 4.79 Å². The molecule has 0 fully saturated rings.